The molecule has 0 spiro atoms. The van der Waals surface area contributed by atoms with Gasteiger partial charge in [0.25, 0.3) is 0 Å². The van der Waals surface area contributed by atoms with Gasteiger partial charge in [-0.15, -0.1) is 0 Å². The highest BCUT2D eigenvalue weighted by atomic mass is 35.5. The van der Waals surface area contributed by atoms with Crippen LogP contribution in [0.15, 0.2) is 42.5 Å². The Bertz CT molecular complexity index is 778. The molecule has 2 rings (SSSR count). The molecule has 0 amide bonds. The summed E-state index contributed by atoms with van der Waals surface area (Å²) in [6, 6.07) is 8.79. The summed E-state index contributed by atoms with van der Waals surface area (Å²) in [5.41, 5.74) is 0.139. The van der Waals surface area contributed by atoms with E-state index >= 15 is 0 Å². The largest absolute Gasteiger partial charge is 0.387 e. The van der Waals surface area contributed by atoms with Crippen LogP contribution in [0.2, 0.25) is 5.02 Å². The minimum absolute atomic E-state index is 0.0102. The van der Waals surface area contributed by atoms with Gasteiger partial charge in [-0.2, -0.15) is 0 Å². The molecule has 0 saturated carbocycles. The Morgan fingerprint density at radius 1 is 1.14 bits per heavy atom. The third-order valence-electron chi connectivity index (χ3n) is 3.07. The second kappa shape index (κ2) is 6.73. The fourth-order valence-electron chi connectivity index (χ4n) is 2.01. The second-order valence-corrected chi connectivity index (χ2v) is 7.34. The lowest BCUT2D eigenvalue weighted by atomic mass is 10.1. The monoisotopic (exact) mass is 346 g/mol. The summed E-state index contributed by atoms with van der Waals surface area (Å²) in [7, 11) is -3.76. The van der Waals surface area contributed by atoms with Crippen LogP contribution in [-0.2, 0) is 15.6 Å². The first-order valence-corrected chi connectivity index (χ1v) is 8.55. The summed E-state index contributed by atoms with van der Waals surface area (Å²) in [6.45, 7) is 0. The average Bonchev–Trinajstić information content (AvgIpc) is 2.42. The number of aliphatic hydroxyl groups is 1. The van der Waals surface area contributed by atoms with Gasteiger partial charge in [-0.1, -0.05) is 35.9 Å². The standard InChI is InChI=1S/C15H13ClF2O3S/c16-13-7-11(17)6-5-10(13)8-22(20,21)9-15(19)12-3-1-2-4-14(12)18/h1-7,15,19H,8-9H2. The predicted octanol–water partition coefficient (Wildman–Crippen LogP) is 3.27. The van der Waals surface area contributed by atoms with E-state index in [1.54, 1.807) is 0 Å². The highest BCUT2D eigenvalue weighted by Gasteiger charge is 2.22. The van der Waals surface area contributed by atoms with E-state index in [2.05, 4.69) is 0 Å². The van der Waals surface area contributed by atoms with Gasteiger partial charge < -0.3 is 5.11 Å². The van der Waals surface area contributed by atoms with Gasteiger partial charge in [-0.3, -0.25) is 0 Å². The summed E-state index contributed by atoms with van der Waals surface area (Å²) in [4.78, 5) is 0. The molecule has 2 aromatic rings. The number of halogens is 3. The van der Waals surface area contributed by atoms with Gasteiger partial charge in [-0.05, 0) is 23.8 Å². The highest BCUT2D eigenvalue weighted by molar-refractivity contribution is 7.90. The van der Waals surface area contributed by atoms with Crippen molar-refractivity contribution in [1.82, 2.24) is 0 Å². The van der Waals surface area contributed by atoms with E-state index in [4.69, 9.17) is 11.6 Å². The topological polar surface area (TPSA) is 54.4 Å². The summed E-state index contributed by atoms with van der Waals surface area (Å²) >= 11 is 5.79. The van der Waals surface area contributed by atoms with Gasteiger partial charge in [0, 0.05) is 10.6 Å². The van der Waals surface area contributed by atoms with Crippen LogP contribution in [-0.4, -0.2) is 19.3 Å². The van der Waals surface area contributed by atoms with Crippen molar-refractivity contribution >= 4 is 21.4 Å². The van der Waals surface area contributed by atoms with Crippen molar-refractivity contribution < 1.29 is 22.3 Å². The predicted molar refractivity (Wildman–Crippen MR) is 80.3 cm³/mol. The van der Waals surface area contributed by atoms with Crippen LogP contribution in [0, 0.1) is 11.6 Å². The third-order valence-corrected chi connectivity index (χ3v) is 4.99. The number of benzene rings is 2. The molecule has 7 heteroatoms. The van der Waals surface area contributed by atoms with E-state index in [0.717, 1.165) is 18.2 Å². The summed E-state index contributed by atoms with van der Waals surface area (Å²) in [5.74, 6) is -2.36. The quantitative estimate of drug-likeness (QED) is 0.904. The zero-order valence-corrected chi connectivity index (χ0v) is 12.9. The van der Waals surface area contributed by atoms with E-state index in [0.29, 0.717) is 0 Å². The summed E-state index contributed by atoms with van der Waals surface area (Å²) in [6.07, 6.45) is -1.48. The summed E-state index contributed by atoms with van der Waals surface area (Å²) < 4.78 is 50.7. The lowest BCUT2D eigenvalue weighted by Gasteiger charge is -2.13. The van der Waals surface area contributed by atoms with E-state index in [1.807, 2.05) is 0 Å². The molecular formula is C15H13ClF2O3S. The molecule has 0 saturated heterocycles. The first-order chi connectivity index (χ1) is 10.3. The maximum absolute atomic E-state index is 13.5. The molecule has 2 aromatic carbocycles. The summed E-state index contributed by atoms with van der Waals surface area (Å²) in [5, 5.41) is 9.91. The molecular weight excluding hydrogens is 334 g/mol. The van der Waals surface area contributed by atoms with E-state index in [1.165, 1.54) is 24.3 Å². The number of sulfone groups is 1. The lowest BCUT2D eigenvalue weighted by Crippen LogP contribution is -2.17. The van der Waals surface area contributed by atoms with Gasteiger partial charge in [-0.25, -0.2) is 17.2 Å². The molecule has 1 N–H and O–H groups in total. The number of hydrogen-bond donors (Lipinski definition) is 1. The SMILES string of the molecule is O=S(=O)(Cc1ccc(F)cc1Cl)CC(O)c1ccccc1F. The molecule has 22 heavy (non-hydrogen) atoms. The molecule has 0 radical (unpaired) electrons. The van der Waals surface area contributed by atoms with Crippen molar-refractivity contribution in [3.63, 3.8) is 0 Å². The molecule has 118 valence electrons. The van der Waals surface area contributed by atoms with Crippen LogP contribution < -0.4 is 0 Å². The molecule has 0 aliphatic heterocycles. The smallest absolute Gasteiger partial charge is 0.157 e. The van der Waals surface area contributed by atoms with Crippen LogP contribution in [0.5, 0.6) is 0 Å². The highest BCUT2D eigenvalue weighted by Crippen LogP contribution is 2.23. The molecule has 0 aliphatic rings. The third kappa shape index (κ3) is 4.25. The van der Waals surface area contributed by atoms with E-state index in [9.17, 15) is 22.3 Å². The Balaban J connectivity index is 2.16. The number of hydrogen-bond acceptors (Lipinski definition) is 3. The molecule has 0 bridgehead atoms. The Labute approximate surface area is 132 Å². The zero-order chi connectivity index (χ0) is 16.3. The fourth-order valence-corrected chi connectivity index (χ4v) is 3.83. The number of rotatable bonds is 5. The van der Waals surface area contributed by atoms with Crippen molar-refractivity contribution in [3.05, 3.63) is 70.2 Å². The van der Waals surface area contributed by atoms with Gasteiger partial charge in [0.15, 0.2) is 9.84 Å². The molecule has 0 aliphatic carbocycles. The Hall–Kier alpha value is -1.50. The van der Waals surface area contributed by atoms with Gasteiger partial charge >= 0.3 is 0 Å². The average molecular weight is 347 g/mol. The van der Waals surface area contributed by atoms with Crippen molar-refractivity contribution in [1.29, 1.82) is 0 Å². The van der Waals surface area contributed by atoms with Gasteiger partial charge in [0.2, 0.25) is 0 Å². The van der Waals surface area contributed by atoms with Gasteiger partial charge in [0.1, 0.15) is 11.6 Å². The molecule has 1 unspecified atom stereocenters. The van der Waals surface area contributed by atoms with Crippen molar-refractivity contribution in [2.75, 3.05) is 5.75 Å². The maximum atomic E-state index is 13.5. The molecule has 3 nitrogen and oxygen atoms in total. The second-order valence-electron chi connectivity index (χ2n) is 4.83. The first kappa shape index (κ1) is 16.9. The van der Waals surface area contributed by atoms with Crippen LogP contribution in [0.4, 0.5) is 8.78 Å². The molecule has 0 fully saturated rings. The van der Waals surface area contributed by atoms with Crippen molar-refractivity contribution in [2.45, 2.75) is 11.9 Å². The van der Waals surface area contributed by atoms with E-state index in [-0.39, 0.29) is 16.1 Å². The zero-order valence-electron chi connectivity index (χ0n) is 11.3. The Kier molecular flexibility index (Phi) is 5.16. The first-order valence-electron chi connectivity index (χ1n) is 6.35. The van der Waals surface area contributed by atoms with Crippen LogP contribution in [0.25, 0.3) is 0 Å². The molecule has 1 atom stereocenters. The fraction of sp³-hybridized carbons (Fsp3) is 0.200. The van der Waals surface area contributed by atoms with E-state index < -0.39 is 39.1 Å². The van der Waals surface area contributed by atoms with Gasteiger partial charge in [0.05, 0.1) is 17.6 Å². The minimum Gasteiger partial charge on any atom is -0.387 e. The normalized spacial score (nSPS) is 13.1. The van der Waals surface area contributed by atoms with Crippen LogP contribution in [0.3, 0.4) is 0 Å². The number of aliphatic hydroxyl groups excluding tert-OH is 1. The van der Waals surface area contributed by atoms with Crippen molar-refractivity contribution in [3.8, 4) is 0 Å². The Morgan fingerprint density at radius 3 is 2.45 bits per heavy atom. The lowest BCUT2D eigenvalue weighted by molar-refractivity contribution is 0.196. The minimum atomic E-state index is -3.76. The Morgan fingerprint density at radius 2 is 1.82 bits per heavy atom. The van der Waals surface area contributed by atoms with Crippen LogP contribution >= 0.6 is 11.6 Å². The van der Waals surface area contributed by atoms with Crippen molar-refractivity contribution in [2.24, 2.45) is 0 Å². The maximum Gasteiger partial charge on any atom is 0.157 e. The van der Waals surface area contributed by atoms with Crippen LogP contribution in [0.1, 0.15) is 17.2 Å². The molecule has 0 heterocycles. The molecule has 0 aromatic heterocycles.